The molecule has 0 saturated heterocycles. The molecule has 0 aromatic heterocycles. The van der Waals surface area contributed by atoms with Crippen LogP contribution in [0, 0.1) is 11.8 Å². The molecule has 80 valence electrons. The van der Waals surface area contributed by atoms with Crippen molar-refractivity contribution < 1.29 is 5.11 Å². The van der Waals surface area contributed by atoms with Gasteiger partial charge in [-0.3, -0.25) is 0 Å². The van der Waals surface area contributed by atoms with Gasteiger partial charge in [0.15, 0.2) is 0 Å². The van der Waals surface area contributed by atoms with Gasteiger partial charge in [-0.05, 0) is 30.8 Å². The van der Waals surface area contributed by atoms with Gasteiger partial charge >= 0.3 is 0 Å². The summed E-state index contributed by atoms with van der Waals surface area (Å²) >= 11 is 0. The second-order valence-electron chi connectivity index (χ2n) is 3.73. The molecule has 1 atom stereocenters. The van der Waals surface area contributed by atoms with Crippen LogP contribution in [0.3, 0.4) is 0 Å². The van der Waals surface area contributed by atoms with Crippen molar-refractivity contribution in [2.24, 2.45) is 11.8 Å². The molecule has 0 aliphatic rings. The number of aliphatic hydroxyl groups excluding tert-OH is 1. The SMILES string of the molecule is C=CC(=CC)C(CC=CCO)C(C)C. The van der Waals surface area contributed by atoms with Crippen molar-refractivity contribution in [3.05, 3.63) is 36.5 Å². The predicted molar refractivity (Wildman–Crippen MR) is 63.1 cm³/mol. The van der Waals surface area contributed by atoms with Crippen LogP contribution in [0.2, 0.25) is 0 Å². The van der Waals surface area contributed by atoms with E-state index in [1.165, 1.54) is 5.57 Å². The van der Waals surface area contributed by atoms with E-state index in [9.17, 15) is 0 Å². The molecule has 0 radical (unpaired) electrons. The molecule has 0 aromatic rings. The minimum Gasteiger partial charge on any atom is -0.392 e. The lowest BCUT2D eigenvalue weighted by molar-refractivity contribution is 0.341. The molecule has 0 aromatic carbocycles. The minimum absolute atomic E-state index is 0.129. The molecule has 1 nitrogen and oxygen atoms in total. The van der Waals surface area contributed by atoms with E-state index in [1.54, 1.807) is 6.08 Å². The van der Waals surface area contributed by atoms with E-state index in [0.717, 1.165) is 6.42 Å². The van der Waals surface area contributed by atoms with Crippen LogP contribution in [-0.2, 0) is 0 Å². The second-order valence-corrected chi connectivity index (χ2v) is 3.73. The summed E-state index contributed by atoms with van der Waals surface area (Å²) in [5.74, 6) is 1.11. The van der Waals surface area contributed by atoms with Crippen LogP contribution in [0.5, 0.6) is 0 Å². The Morgan fingerprint density at radius 3 is 2.36 bits per heavy atom. The van der Waals surface area contributed by atoms with Crippen molar-refractivity contribution in [2.75, 3.05) is 6.61 Å². The fraction of sp³-hybridized carbons (Fsp3) is 0.538. The summed E-state index contributed by atoms with van der Waals surface area (Å²) in [6, 6.07) is 0. The zero-order chi connectivity index (χ0) is 11.0. The highest BCUT2D eigenvalue weighted by molar-refractivity contribution is 5.20. The molecular weight excluding hydrogens is 172 g/mol. The van der Waals surface area contributed by atoms with Crippen LogP contribution in [-0.4, -0.2) is 11.7 Å². The Labute approximate surface area is 87.8 Å². The zero-order valence-corrected chi connectivity index (χ0v) is 9.53. The van der Waals surface area contributed by atoms with E-state index in [-0.39, 0.29) is 6.61 Å². The Hall–Kier alpha value is -0.820. The highest BCUT2D eigenvalue weighted by Crippen LogP contribution is 2.25. The highest BCUT2D eigenvalue weighted by Gasteiger charge is 2.13. The van der Waals surface area contributed by atoms with Crippen molar-refractivity contribution >= 4 is 0 Å². The summed E-state index contributed by atoms with van der Waals surface area (Å²) in [6.07, 6.45) is 8.86. The monoisotopic (exact) mass is 194 g/mol. The molecule has 0 fully saturated rings. The lowest BCUT2D eigenvalue weighted by Gasteiger charge is -2.20. The topological polar surface area (TPSA) is 20.2 Å². The maximum absolute atomic E-state index is 8.65. The van der Waals surface area contributed by atoms with Crippen LogP contribution in [0.4, 0.5) is 0 Å². The van der Waals surface area contributed by atoms with Crippen molar-refractivity contribution in [2.45, 2.75) is 27.2 Å². The van der Waals surface area contributed by atoms with Crippen molar-refractivity contribution in [3.8, 4) is 0 Å². The lowest BCUT2D eigenvalue weighted by Crippen LogP contribution is -2.09. The van der Waals surface area contributed by atoms with Crippen molar-refractivity contribution in [3.63, 3.8) is 0 Å². The van der Waals surface area contributed by atoms with E-state index in [1.807, 2.05) is 19.1 Å². The van der Waals surface area contributed by atoms with E-state index < -0.39 is 0 Å². The first kappa shape index (κ1) is 13.2. The summed E-state index contributed by atoms with van der Waals surface area (Å²) in [6.45, 7) is 10.4. The molecular formula is C13H22O. The van der Waals surface area contributed by atoms with E-state index in [4.69, 9.17) is 5.11 Å². The Bertz CT molecular complexity index is 211. The molecule has 0 spiro atoms. The van der Waals surface area contributed by atoms with Gasteiger partial charge < -0.3 is 5.11 Å². The summed E-state index contributed by atoms with van der Waals surface area (Å²) in [4.78, 5) is 0. The average molecular weight is 194 g/mol. The lowest BCUT2D eigenvalue weighted by atomic mass is 9.85. The third-order valence-corrected chi connectivity index (χ3v) is 2.46. The number of hydrogen-bond donors (Lipinski definition) is 1. The van der Waals surface area contributed by atoms with E-state index >= 15 is 0 Å². The number of rotatable bonds is 6. The third kappa shape index (κ3) is 4.43. The minimum atomic E-state index is 0.129. The molecule has 1 N–H and O–H groups in total. The highest BCUT2D eigenvalue weighted by atomic mass is 16.2. The van der Waals surface area contributed by atoms with Gasteiger partial charge in [0.25, 0.3) is 0 Å². The zero-order valence-electron chi connectivity index (χ0n) is 9.53. The van der Waals surface area contributed by atoms with Gasteiger partial charge in [-0.2, -0.15) is 0 Å². The average Bonchev–Trinajstić information content (AvgIpc) is 2.17. The summed E-state index contributed by atoms with van der Waals surface area (Å²) < 4.78 is 0. The van der Waals surface area contributed by atoms with Crippen LogP contribution < -0.4 is 0 Å². The molecule has 0 amide bonds. The predicted octanol–water partition coefficient (Wildman–Crippen LogP) is 3.33. The van der Waals surface area contributed by atoms with Gasteiger partial charge in [0.05, 0.1) is 6.61 Å². The molecule has 1 heteroatoms. The van der Waals surface area contributed by atoms with E-state index in [2.05, 4.69) is 26.5 Å². The number of aliphatic hydroxyl groups is 1. The first-order valence-electron chi connectivity index (χ1n) is 5.21. The third-order valence-electron chi connectivity index (χ3n) is 2.46. The Kier molecular flexibility index (Phi) is 7.13. The van der Waals surface area contributed by atoms with Gasteiger partial charge in [0, 0.05) is 0 Å². The summed E-state index contributed by atoms with van der Waals surface area (Å²) in [7, 11) is 0. The summed E-state index contributed by atoms with van der Waals surface area (Å²) in [5, 5.41) is 8.65. The standard InChI is InChI=1S/C13H22O/c1-5-12(6-2)13(11(3)4)9-7-8-10-14/h5-8,11,13-14H,1,9-10H2,2-4H3. The maximum Gasteiger partial charge on any atom is 0.0612 e. The Morgan fingerprint density at radius 2 is 2.00 bits per heavy atom. The van der Waals surface area contributed by atoms with Crippen LogP contribution in [0.25, 0.3) is 0 Å². The molecule has 0 bridgehead atoms. The largest absolute Gasteiger partial charge is 0.392 e. The number of hydrogen-bond acceptors (Lipinski definition) is 1. The normalized spacial score (nSPS) is 15.1. The van der Waals surface area contributed by atoms with Crippen molar-refractivity contribution in [1.29, 1.82) is 0 Å². The van der Waals surface area contributed by atoms with Gasteiger partial charge in [-0.1, -0.05) is 44.7 Å². The van der Waals surface area contributed by atoms with Gasteiger partial charge in [0.2, 0.25) is 0 Å². The van der Waals surface area contributed by atoms with Gasteiger partial charge in [-0.25, -0.2) is 0 Å². The Morgan fingerprint density at radius 1 is 1.36 bits per heavy atom. The van der Waals surface area contributed by atoms with Crippen LogP contribution in [0.1, 0.15) is 27.2 Å². The smallest absolute Gasteiger partial charge is 0.0612 e. The molecule has 14 heavy (non-hydrogen) atoms. The molecule has 0 heterocycles. The van der Waals surface area contributed by atoms with Gasteiger partial charge in [-0.15, -0.1) is 0 Å². The molecule has 0 saturated carbocycles. The van der Waals surface area contributed by atoms with Crippen LogP contribution in [0.15, 0.2) is 36.5 Å². The van der Waals surface area contributed by atoms with E-state index in [0.29, 0.717) is 11.8 Å². The fourth-order valence-corrected chi connectivity index (χ4v) is 1.59. The number of allylic oxidation sites excluding steroid dienone is 4. The first-order valence-corrected chi connectivity index (χ1v) is 5.21. The maximum atomic E-state index is 8.65. The quantitative estimate of drug-likeness (QED) is 0.508. The second kappa shape index (κ2) is 7.57. The van der Waals surface area contributed by atoms with Gasteiger partial charge in [0.1, 0.15) is 0 Å². The first-order chi connectivity index (χ1) is 6.67. The summed E-state index contributed by atoms with van der Waals surface area (Å²) in [5.41, 5.74) is 1.29. The van der Waals surface area contributed by atoms with Crippen LogP contribution >= 0.6 is 0 Å². The molecule has 0 aliphatic heterocycles. The molecule has 0 rings (SSSR count). The molecule has 0 aliphatic carbocycles. The van der Waals surface area contributed by atoms with Crippen molar-refractivity contribution in [1.82, 2.24) is 0 Å². The Balaban J connectivity index is 4.43. The molecule has 1 unspecified atom stereocenters. The fourth-order valence-electron chi connectivity index (χ4n) is 1.59.